The molecule has 76 valence electrons. The monoisotopic (exact) mass is 186 g/mol. The number of amides is 1. The van der Waals surface area contributed by atoms with Gasteiger partial charge in [-0.2, -0.15) is 0 Å². The Hall–Kier alpha value is -0.610. The molecule has 0 heterocycles. The van der Waals surface area contributed by atoms with Crippen molar-refractivity contribution < 1.29 is 9.90 Å². The number of carbonyl (C=O) groups is 1. The van der Waals surface area contributed by atoms with Crippen LogP contribution < -0.4 is 11.3 Å². The summed E-state index contributed by atoms with van der Waals surface area (Å²) in [6.45, 7) is 4.05. The van der Waals surface area contributed by atoms with Crippen LogP contribution in [0.3, 0.4) is 0 Å². The number of aliphatic hydroxyl groups is 1. The van der Waals surface area contributed by atoms with Crippen molar-refractivity contribution in [3.05, 3.63) is 0 Å². The van der Waals surface area contributed by atoms with Crippen LogP contribution in [-0.2, 0) is 4.79 Å². The van der Waals surface area contributed by atoms with Gasteiger partial charge < -0.3 is 5.11 Å². The molecule has 2 unspecified atom stereocenters. The minimum atomic E-state index is -0.384. The van der Waals surface area contributed by atoms with Crippen molar-refractivity contribution in [2.24, 2.45) is 17.2 Å². The Morgan fingerprint density at radius 1 is 1.69 bits per heavy atom. The van der Waals surface area contributed by atoms with Crippen LogP contribution in [0.5, 0.6) is 0 Å². The molecular weight excluding hydrogens is 168 g/mol. The molecule has 0 aliphatic heterocycles. The number of carbonyl (C=O) groups excluding carboxylic acids is 1. The van der Waals surface area contributed by atoms with Crippen LogP contribution in [0.2, 0.25) is 0 Å². The highest BCUT2D eigenvalue weighted by Gasteiger charge is 2.41. The predicted molar refractivity (Wildman–Crippen MR) is 49.5 cm³/mol. The molecule has 1 saturated carbocycles. The van der Waals surface area contributed by atoms with Gasteiger partial charge in [-0.3, -0.25) is 10.2 Å². The van der Waals surface area contributed by atoms with Gasteiger partial charge in [0.05, 0.1) is 6.10 Å². The second-order valence-electron chi connectivity index (χ2n) is 4.50. The summed E-state index contributed by atoms with van der Waals surface area (Å²) in [6, 6.07) is 0. The Bertz CT molecular complexity index is 204. The third-order valence-electron chi connectivity index (χ3n) is 3.02. The SMILES string of the molecule is CC1(C)CCC(CC(=O)NN)C1O. The number of hydrazine groups is 1. The molecule has 1 aliphatic rings. The predicted octanol–water partition coefficient (Wildman–Crippen LogP) is 0.164. The Morgan fingerprint density at radius 2 is 2.31 bits per heavy atom. The van der Waals surface area contributed by atoms with Crippen LogP contribution in [0.15, 0.2) is 0 Å². The molecular formula is C9H18N2O2. The molecule has 0 aromatic heterocycles. The fraction of sp³-hybridized carbons (Fsp3) is 0.889. The molecule has 0 spiro atoms. The second kappa shape index (κ2) is 3.64. The lowest BCUT2D eigenvalue weighted by atomic mass is 9.86. The maximum absolute atomic E-state index is 11.0. The lowest BCUT2D eigenvalue weighted by molar-refractivity contribution is -0.123. The minimum Gasteiger partial charge on any atom is -0.392 e. The van der Waals surface area contributed by atoms with E-state index in [-0.39, 0.29) is 23.3 Å². The van der Waals surface area contributed by atoms with Crippen LogP contribution in [0, 0.1) is 11.3 Å². The zero-order valence-electron chi connectivity index (χ0n) is 8.21. The van der Waals surface area contributed by atoms with Crippen LogP contribution in [0.1, 0.15) is 33.1 Å². The number of nitrogens with two attached hydrogens (primary N) is 1. The molecule has 1 amide bonds. The van der Waals surface area contributed by atoms with E-state index >= 15 is 0 Å². The summed E-state index contributed by atoms with van der Waals surface area (Å²) in [4.78, 5) is 11.0. The standard InChI is InChI=1S/C9H18N2O2/c1-9(2)4-3-6(8(9)13)5-7(12)11-10/h6,8,13H,3-5,10H2,1-2H3,(H,11,12). The molecule has 1 rings (SSSR count). The normalized spacial score (nSPS) is 31.7. The molecule has 0 aromatic carbocycles. The number of aliphatic hydroxyl groups excluding tert-OH is 1. The average molecular weight is 186 g/mol. The lowest BCUT2D eigenvalue weighted by Crippen LogP contribution is -2.35. The van der Waals surface area contributed by atoms with Gasteiger partial charge in [-0.15, -0.1) is 0 Å². The fourth-order valence-electron chi connectivity index (χ4n) is 2.01. The fourth-order valence-corrected chi connectivity index (χ4v) is 2.01. The molecule has 4 heteroatoms. The van der Waals surface area contributed by atoms with E-state index in [0.29, 0.717) is 6.42 Å². The lowest BCUT2D eigenvalue weighted by Gasteiger charge is -2.25. The zero-order valence-corrected chi connectivity index (χ0v) is 8.21. The first-order chi connectivity index (χ1) is 5.97. The topological polar surface area (TPSA) is 75.4 Å². The van der Waals surface area contributed by atoms with Gasteiger partial charge >= 0.3 is 0 Å². The highest BCUT2D eigenvalue weighted by molar-refractivity contribution is 5.75. The maximum atomic E-state index is 11.0. The first-order valence-corrected chi connectivity index (χ1v) is 4.65. The van der Waals surface area contributed by atoms with Crippen LogP contribution >= 0.6 is 0 Å². The van der Waals surface area contributed by atoms with Gasteiger partial charge in [0.2, 0.25) is 5.91 Å². The van der Waals surface area contributed by atoms with E-state index in [4.69, 9.17) is 5.84 Å². The van der Waals surface area contributed by atoms with Crippen molar-refractivity contribution in [1.82, 2.24) is 5.43 Å². The van der Waals surface area contributed by atoms with Gasteiger partial charge in [-0.25, -0.2) is 5.84 Å². The van der Waals surface area contributed by atoms with E-state index in [1.54, 1.807) is 0 Å². The molecule has 1 aliphatic carbocycles. The summed E-state index contributed by atoms with van der Waals surface area (Å²) in [5.74, 6) is 4.86. The molecule has 4 N–H and O–H groups in total. The number of rotatable bonds is 2. The summed E-state index contributed by atoms with van der Waals surface area (Å²) >= 11 is 0. The van der Waals surface area contributed by atoms with Crippen LogP contribution in [-0.4, -0.2) is 17.1 Å². The second-order valence-corrected chi connectivity index (χ2v) is 4.50. The number of hydrogen-bond donors (Lipinski definition) is 3. The Balaban J connectivity index is 2.51. The van der Waals surface area contributed by atoms with E-state index in [9.17, 15) is 9.90 Å². The van der Waals surface area contributed by atoms with Crippen molar-refractivity contribution >= 4 is 5.91 Å². The Kier molecular flexibility index (Phi) is 2.93. The molecule has 1 fully saturated rings. The summed E-state index contributed by atoms with van der Waals surface area (Å²) in [5, 5.41) is 9.84. The molecule has 0 saturated heterocycles. The van der Waals surface area contributed by atoms with E-state index in [0.717, 1.165) is 12.8 Å². The first-order valence-electron chi connectivity index (χ1n) is 4.65. The van der Waals surface area contributed by atoms with Crippen molar-refractivity contribution in [3.8, 4) is 0 Å². The van der Waals surface area contributed by atoms with Gasteiger partial charge in [0.15, 0.2) is 0 Å². The zero-order chi connectivity index (χ0) is 10.1. The summed E-state index contributed by atoms with van der Waals surface area (Å²) < 4.78 is 0. The van der Waals surface area contributed by atoms with Gasteiger partial charge in [-0.1, -0.05) is 13.8 Å². The largest absolute Gasteiger partial charge is 0.392 e. The molecule has 2 atom stereocenters. The molecule has 13 heavy (non-hydrogen) atoms. The molecule has 0 bridgehead atoms. The average Bonchev–Trinajstić information content (AvgIpc) is 2.32. The van der Waals surface area contributed by atoms with Crippen LogP contribution in [0.25, 0.3) is 0 Å². The van der Waals surface area contributed by atoms with E-state index in [1.165, 1.54) is 0 Å². The van der Waals surface area contributed by atoms with Gasteiger partial charge in [0.1, 0.15) is 0 Å². The molecule has 0 aromatic rings. The third kappa shape index (κ3) is 2.19. The van der Waals surface area contributed by atoms with Crippen molar-refractivity contribution in [2.45, 2.75) is 39.2 Å². The highest BCUT2D eigenvalue weighted by atomic mass is 16.3. The number of hydrogen-bond acceptors (Lipinski definition) is 3. The van der Waals surface area contributed by atoms with E-state index in [1.807, 2.05) is 13.8 Å². The summed E-state index contributed by atoms with van der Waals surface area (Å²) in [7, 11) is 0. The van der Waals surface area contributed by atoms with Crippen molar-refractivity contribution in [3.63, 3.8) is 0 Å². The van der Waals surface area contributed by atoms with Gasteiger partial charge in [-0.05, 0) is 24.2 Å². The van der Waals surface area contributed by atoms with E-state index < -0.39 is 0 Å². The van der Waals surface area contributed by atoms with Gasteiger partial charge in [0, 0.05) is 6.42 Å². The van der Waals surface area contributed by atoms with E-state index in [2.05, 4.69) is 5.43 Å². The Morgan fingerprint density at radius 3 is 2.69 bits per heavy atom. The maximum Gasteiger partial charge on any atom is 0.234 e. The highest BCUT2D eigenvalue weighted by Crippen LogP contribution is 2.42. The van der Waals surface area contributed by atoms with Crippen molar-refractivity contribution in [1.29, 1.82) is 0 Å². The quantitative estimate of drug-likeness (QED) is 0.327. The molecule has 0 radical (unpaired) electrons. The van der Waals surface area contributed by atoms with Crippen molar-refractivity contribution in [2.75, 3.05) is 0 Å². The Labute approximate surface area is 78.5 Å². The third-order valence-corrected chi connectivity index (χ3v) is 3.02. The first kappa shape index (κ1) is 10.5. The van der Waals surface area contributed by atoms with Crippen LogP contribution in [0.4, 0.5) is 0 Å². The summed E-state index contributed by atoms with van der Waals surface area (Å²) in [5.41, 5.74) is 2.03. The summed E-state index contributed by atoms with van der Waals surface area (Å²) in [6.07, 6.45) is 1.82. The number of nitrogens with one attached hydrogen (secondary N) is 1. The van der Waals surface area contributed by atoms with Gasteiger partial charge in [0.25, 0.3) is 0 Å². The minimum absolute atomic E-state index is 0.0560. The molecule has 4 nitrogen and oxygen atoms in total. The smallest absolute Gasteiger partial charge is 0.234 e.